The molecule has 0 aliphatic carbocycles. The van der Waals surface area contributed by atoms with E-state index in [0.717, 1.165) is 25.7 Å². The van der Waals surface area contributed by atoms with Crippen molar-refractivity contribution in [3.8, 4) is 0 Å². The summed E-state index contributed by atoms with van der Waals surface area (Å²) < 4.78 is 0. The second-order valence-electron chi connectivity index (χ2n) is 13.9. The van der Waals surface area contributed by atoms with Crippen LogP contribution in [0.25, 0.3) is 0 Å². The van der Waals surface area contributed by atoms with E-state index in [4.69, 9.17) is 10.8 Å². The van der Waals surface area contributed by atoms with Gasteiger partial charge in [0.2, 0.25) is 23.6 Å². The van der Waals surface area contributed by atoms with Gasteiger partial charge in [0.1, 0.15) is 18.1 Å². The van der Waals surface area contributed by atoms with Crippen molar-refractivity contribution < 1.29 is 39.0 Å². The number of hydrogen-bond acceptors (Lipinski definition) is 7. The molecule has 0 aromatic heterocycles. The van der Waals surface area contributed by atoms with Crippen molar-refractivity contribution in [1.82, 2.24) is 21.3 Å². The maximum absolute atomic E-state index is 12.5. The number of hydrogen-bond donors (Lipinski definition) is 7. The molecule has 51 heavy (non-hydrogen) atoms. The van der Waals surface area contributed by atoms with Crippen molar-refractivity contribution in [3.05, 3.63) is 0 Å². The fraction of sp³-hybridized carbons (Fsp3) is 0.842. The first-order chi connectivity index (χ1) is 24.5. The van der Waals surface area contributed by atoms with Gasteiger partial charge in [0.15, 0.2) is 0 Å². The maximum atomic E-state index is 12.5. The fourth-order valence-corrected chi connectivity index (χ4v) is 5.74. The molecule has 13 heteroatoms. The number of carboxylic acid groups (broad SMARTS) is 2. The number of nitrogens with one attached hydrogen (secondary N) is 4. The first kappa shape index (κ1) is 47.8. The highest BCUT2D eigenvalue weighted by atomic mass is 16.4. The lowest BCUT2D eigenvalue weighted by molar-refractivity contribution is -0.142. The predicted octanol–water partition coefficient (Wildman–Crippen LogP) is 5.48. The molecule has 0 saturated carbocycles. The molecule has 0 saturated heterocycles. The highest BCUT2D eigenvalue weighted by Crippen LogP contribution is 2.15. The van der Waals surface area contributed by atoms with Crippen LogP contribution in [0.1, 0.15) is 174 Å². The van der Waals surface area contributed by atoms with Crippen LogP contribution in [0.5, 0.6) is 0 Å². The van der Waals surface area contributed by atoms with Crippen LogP contribution in [-0.2, 0) is 28.8 Å². The second kappa shape index (κ2) is 32.7. The molecule has 0 aromatic rings. The smallest absolute Gasteiger partial charge is 0.326 e. The van der Waals surface area contributed by atoms with Crippen LogP contribution in [0, 0.1) is 0 Å². The van der Waals surface area contributed by atoms with Gasteiger partial charge in [-0.05, 0) is 39.0 Å². The van der Waals surface area contributed by atoms with Crippen LogP contribution in [-0.4, -0.2) is 77.0 Å². The molecular formula is C38H71N5O8. The Labute approximate surface area is 306 Å². The number of carbonyl (C=O) groups is 6. The first-order valence-electron chi connectivity index (χ1n) is 19.8. The molecule has 0 unspecified atom stereocenters. The van der Waals surface area contributed by atoms with Gasteiger partial charge in [-0.1, -0.05) is 122 Å². The summed E-state index contributed by atoms with van der Waals surface area (Å²) in [7, 11) is 0. The molecular weight excluding hydrogens is 654 g/mol. The minimum Gasteiger partial charge on any atom is -0.480 e. The van der Waals surface area contributed by atoms with Gasteiger partial charge in [0, 0.05) is 19.4 Å². The van der Waals surface area contributed by atoms with Crippen molar-refractivity contribution >= 4 is 35.6 Å². The van der Waals surface area contributed by atoms with E-state index < -0.39 is 47.8 Å². The third kappa shape index (κ3) is 30.1. The lowest BCUT2D eigenvalue weighted by Gasteiger charge is -2.18. The number of carboxylic acids is 2. The van der Waals surface area contributed by atoms with Crippen LogP contribution in [0.15, 0.2) is 0 Å². The van der Waals surface area contributed by atoms with Gasteiger partial charge < -0.3 is 37.2 Å². The highest BCUT2D eigenvalue weighted by molar-refractivity contribution is 5.90. The van der Waals surface area contributed by atoms with E-state index in [1.807, 2.05) is 0 Å². The van der Waals surface area contributed by atoms with E-state index in [9.17, 15) is 33.9 Å². The Morgan fingerprint density at radius 3 is 1.49 bits per heavy atom. The zero-order chi connectivity index (χ0) is 38.1. The Morgan fingerprint density at radius 2 is 1.02 bits per heavy atom. The van der Waals surface area contributed by atoms with Crippen molar-refractivity contribution in [2.75, 3.05) is 13.1 Å². The normalized spacial score (nSPS) is 12.8. The molecule has 13 nitrogen and oxygen atoms in total. The van der Waals surface area contributed by atoms with Crippen molar-refractivity contribution in [2.24, 2.45) is 5.73 Å². The lowest BCUT2D eigenvalue weighted by atomic mass is 10.0. The van der Waals surface area contributed by atoms with E-state index >= 15 is 0 Å². The molecule has 8 N–H and O–H groups in total. The Balaban J connectivity index is 3.90. The molecule has 3 atom stereocenters. The van der Waals surface area contributed by atoms with Crippen LogP contribution in [0.2, 0.25) is 0 Å². The molecule has 0 bridgehead atoms. The van der Waals surface area contributed by atoms with E-state index in [1.165, 1.54) is 103 Å². The number of amides is 4. The minimum atomic E-state index is -1.34. The van der Waals surface area contributed by atoms with Gasteiger partial charge in [0.25, 0.3) is 0 Å². The maximum Gasteiger partial charge on any atom is 0.326 e. The molecule has 0 aliphatic heterocycles. The Morgan fingerprint density at radius 1 is 0.529 bits per heavy atom. The molecule has 0 radical (unpaired) electrons. The molecule has 0 aliphatic rings. The van der Waals surface area contributed by atoms with E-state index in [2.05, 4.69) is 28.2 Å². The summed E-state index contributed by atoms with van der Waals surface area (Å²) in [6.07, 6.45) is 25.4. The Bertz CT molecular complexity index is 980. The van der Waals surface area contributed by atoms with Gasteiger partial charge in [-0.15, -0.1) is 0 Å². The second-order valence-corrected chi connectivity index (χ2v) is 13.9. The van der Waals surface area contributed by atoms with Crippen molar-refractivity contribution in [3.63, 3.8) is 0 Å². The number of rotatable bonds is 35. The van der Waals surface area contributed by atoms with E-state index in [0.29, 0.717) is 25.8 Å². The zero-order valence-corrected chi connectivity index (χ0v) is 31.7. The Kier molecular flexibility index (Phi) is 30.6. The average molecular weight is 726 g/mol. The molecule has 0 rings (SSSR count). The minimum absolute atomic E-state index is 0.196. The van der Waals surface area contributed by atoms with Crippen LogP contribution in [0.4, 0.5) is 0 Å². The van der Waals surface area contributed by atoms with Gasteiger partial charge >= 0.3 is 11.9 Å². The summed E-state index contributed by atoms with van der Waals surface area (Å²) in [5.41, 5.74) is 5.42. The molecule has 296 valence electrons. The van der Waals surface area contributed by atoms with Crippen LogP contribution < -0.4 is 27.0 Å². The molecule has 0 heterocycles. The van der Waals surface area contributed by atoms with E-state index in [-0.39, 0.29) is 31.7 Å². The van der Waals surface area contributed by atoms with Crippen LogP contribution in [0.3, 0.4) is 0 Å². The number of unbranched alkanes of at least 4 members (excludes halogenated alkanes) is 19. The van der Waals surface area contributed by atoms with E-state index in [1.54, 1.807) is 0 Å². The zero-order valence-electron chi connectivity index (χ0n) is 31.7. The van der Waals surface area contributed by atoms with Crippen molar-refractivity contribution in [1.29, 1.82) is 0 Å². The number of aliphatic carboxylic acids is 2. The average Bonchev–Trinajstić information content (AvgIpc) is 3.09. The summed E-state index contributed by atoms with van der Waals surface area (Å²) >= 11 is 0. The van der Waals surface area contributed by atoms with Gasteiger partial charge in [-0.2, -0.15) is 0 Å². The number of nitrogens with two attached hydrogens (primary N) is 1. The van der Waals surface area contributed by atoms with Gasteiger partial charge in [-0.25, -0.2) is 4.79 Å². The van der Waals surface area contributed by atoms with Gasteiger partial charge in [0.05, 0.1) is 6.54 Å². The Hall–Kier alpha value is -3.22. The standard InChI is InChI=1S/C38H71N5O8/c1-3-4-5-6-7-8-9-10-11-12-13-14-15-16-17-18-19-20-21-25-34(45)42-30(2)36(47)43-32(38(50)51)26-27-33(44)41-29-35(46)40-28-23-22-24-31(39)37(48)49/h30-32H,3-29,39H2,1-2H3,(H,40,46)(H,41,44)(H,42,45)(H,43,47)(H,48,49)(H,50,51)/t30-,31-,32+/m0/s1. The number of carbonyl (C=O) groups excluding carboxylic acids is 4. The first-order valence-corrected chi connectivity index (χ1v) is 19.8. The molecule has 0 aromatic carbocycles. The lowest BCUT2D eigenvalue weighted by Crippen LogP contribution is -2.50. The summed E-state index contributed by atoms with van der Waals surface area (Å²) in [5, 5.41) is 28.2. The SMILES string of the molecule is CCCCCCCCCCCCCCCCCCCCCC(=O)N[C@@H](C)C(=O)N[C@H](CCC(=O)NCC(=O)NCCCC[C@H](N)C(=O)O)C(=O)O. The van der Waals surface area contributed by atoms with Crippen LogP contribution >= 0.6 is 0 Å². The molecule has 0 fully saturated rings. The highest BCUT2D eigenvalue weighted by Gasteiger charge is 2.24. The monoisotopic (exact) mass is 726 g/mol. The third-order valence-corrected chi connectivity index (χ3v) is 9.08. The summed E-state index contributed by atoms with van der Waals surface area (Å²) in [6, 6.07) is -3.22. The van der Waals surface area contributed by atoms with Gasteiger partial charge in [-0.3, -0.25) is 24.0 Å². The third-order valence-electron chi connectivity index (χ3n) is 9.08. The predicted molar refractivity (Wildman–Crippen MR) is 200 cm³/mol. The molecule has 0 spiro atoms. The largest absolute Gasteiger partial charge is 0.480 e. The molecule has 4 amide bonds. The fourth-order valence-electron chi connectivity index (χ4n) is 5.74. The summed E-state index contributed by atoms with van der Waals surface area (Å²) in [5.74, 6) is -4.32. The summed E-state index contributed by atoms with van der Waals surface area (Å²) in [4.78, 5) is 71.3. The van der Waals surface area contributed by atoms with Crippen molar-refractivity contribution in [2.45, 2.75) is 192 Å². The quantitative estimate of drug-likeness (QED) is 0.0411. The summed E-state index contributed by atoms with van der Waals surface area (Å²) in [6.45, 7) is 3.73. The topological polar surface area (TPSA) is 217 Å².